The topological polar surface area (TPSA) is 78.9 Å². The summed E-state index contributed by atoms with van der Waals surface area (Å²) >= 11 is 0. The molecule has 75 heavy (non-hydrogen) atoms. The monoisotopic (exact) mass is 1040 g/mol. The fourth-order valence-electron chi connectivity index (χ4n) is 8.29. The van der Waals surface area contributed by atoms with Crippen molar-refractivity contribution in [1.29, 1.82) is 0 Å². The van der Waals surface area contributed by atoms with Crippen LogP contribution in [0.5, 0.6) is 0 Å². The molecule has 0 saturated heterocycles. The van der Waals surface area contributed by atoms with Gasteiger partial charge in [-0.05, 0) is 122 Å². The minimum atomic E-state index is -0.822. The van der Waals surface area contributed by atoms with Crippen molar-refractivity contribution < 1.29 is 28.6 Å². The number of carbonyl (C=O) groups excluding carboxylic acids is 3. The van der Waals surface area contributed by atoms with Gasteiger partial charge in [-0.15, -0.1) is 0 Å². The Kier molecular flexibility index (Phi) is 58.9. The Morgan fingerprint density at radius 3 is 0.893 bits per heavy atom. The summed E-state index contributed by atoms with van der Waals surface area (Å²) in [4.78, 5) is 38.2. The second-order valence-corrected chi connectivity index (χ2v) is 20.2. The summed E-state index contributed by atoms with van der Waals surface area (Å²) in [6.07, 6.45) is 86.4. The smallest absolute Gasteiger partial charge is 0.306 e. The van der Waals surface area contributed by atoms with E-state index in [1.165, 1.54) is 122 Å². The van der Waals surface area contributed by atoms with Crippen molar-refractivity contribution in [2.45, 2.75) is 284 Å². The molecule has 0 aliphatic rings. The van der Waals surface area contributed by atoms with Crippen LogP contribution < -0.4 is 0 Å². The first-order chi connectivity index (χ1) is 37.0. The van der Waals surface area contributed by atoms with Crippen LogP contribution in [0, 0.1) is 0 Å². The quantitative estimate of drug-likeness (QED) is 0.0261. The summed E-state index contributed by atoms with van der Waals surface area (Å²) in [5, 5.41) is 0. The molecule has 426 valence electrons. The van der Waals surface area contributed by atoms with Crippen LogP contribution in [0.25, 0.3) is 0 Å². The number of carbonyl (C=O) groups is 3. The van der Waals surface area contributed by atoms with Crippen LogP contribution in [0.2, 0.25) is 0 Å². The van der Waals surface area contributed by atoms with Crippen LogP contribution in [-0.4, -0.2) is 37.2 Å². The lowest BCUT2D eigenvalue weighted by Gasteiger charge is -2.18. The van der Waals surface area contributed by atoms with Crippen molar-refractivity contribution >= 4 is 17.9 Å². The lowest BCUT2D eigenvalue weighted by atomic mass is 10.1. The highest BCUT2D eigenvalue weighted by Crippen LogP contribution is 2.14. The lowest BCUT2D eigenvalue weighted by molar-refractivity contribution is -0.166. The van der Waals surface area contributed by atoms with E-state index in [0.29, 0.717) is 19.3 Å². The molecular formula is C69H114O6. The Labute approximate surface area is 462 Å². The Morgan fingerprint density at radius 1 is 0.280 bits per heavy atom. The number of unbranched alkanes of at least 4 members (excludes halogenated alkanes) is 24. The van der Waals surface area contributed by atoms with Crippen LogP contribution in [0.3, 0.4) is 0 Å². The minimum absolute atomic E-state index is 0.112. The number of hydrogen-bond acceptors (Lipinski definition) is 6. The van der Waals surface area contributed by atoms with Crippen molar-refractivity contribution in [1.82, 2.24) is 0 Å². The zero-order valence-corrected chi connectivity index (χ0v) is 48.8. The predicted molar refractivity (Wildman–Crippen MR) is 325 cm³/mol. The molecule has 0 heterocycles. The zero-order chi connectivity index (χ0) is 54.3. The number of ether oxygens (including phenoxy) is 3. The largest absolute Gasteiger partial charge is 0.462 e. The molecule has 0 fully saturated rings. The first-order valence-electron chi connectivity index (χ1n) is 31.0. The third-order valence-corrected chi connectivity index (χ3v) is 12.9. The standard InChI is InChI=1S/C69H114O6/c1-4-7-10-13-16-19-22-25-27-29-31-33-34-36-37-39-41-44-47-50-53-56-59-62-68(71)74-65-66(64-73-67(70)61-58-55-52-49-46-43-24-21-18-15-12-9-6-3)75-69(72)63-60-57-54-51-48-45-42-40-38-35-32-30-28-26-23-20-17-14-11-8-5-2/h9,12,18,21-23,25-26,29-32,34,36,38,40,43,46,52,55,66H,4-8,10-11,13-17,19-20,24,27-28,33,35,37,39,41-42,44-45,47-51,53-54,56-65H2,1-3H3/b12-9-,21-18-,25-22-,26-23-,31-29-,32-30-,36-34-,40-38-,46-43-,55-52-. The molecule has 0 aliphatic carbocycles. The summed E-state index contributed by atoms with van der Waals surface area (Å²) < 4.78 is 16.8. The lowest BCUT2D eigenvalue weighted by Crippen LogP contribution is -2.30. The molecule has 0 bridgehead atoms. The van der Waals surface area contributed by atoms with Gasteiger partial charge in [-0.2, -0.15) is 0 Å². The van der Waals surface area contributed by atoms with Gasteiger partial charge in [0.05, 0.1) is 0 Å². The average molecular weight is 1040 g/mol. The molecule has 0 N–H and O–H groups in total. The first-order valence-corrected chi connectivity index (χ1v) is 31.0. The van der Waals surface area contributed by atoms with Crippen LogP contribution >= 0.6 is 0 Å². The molecule has 0 radical (unpaired) electrons. The van der Waals surface area contributed by atoms with Crippen molar-refractivity contribution in [3.05, 3.63) is 122 Å². The van der Waals surface area contributed by atoms with E-state index in [-0.39, 0.29) is 37.5 Å². The Bertz CT molecular complexity index is 1570. The SMILES string of the molecule is CC/C=C\C/C=C\C/C=C\C/C=C\CCC(=O)OCC(COC(=O)CCCCCCCCCC/C=C\C/C=C\C/C=C\CCCCCCC)OC(=O)CCCCCCCC/C=C\C/C=C\C/C=C\CCCCCCC. The summed E-state index contributed by atoms with van der Waals surface area (Å²) in [5.74, 6) is -1.02. The van der Waals surface area contributed by atoms with E-state index in [1.807, 2.05) is 6.08 Å². The third-order valence-electron chi connectivity index (χ3n) is 12.9. The Hall–Kier alpha value is -4.19. The summed E-state index contributed by atoms with van der Waals surface area (Å²) in [6.45, 7) is 6.43. The highest BCUT2D eigenvalue weighted by atomic mass is 16.6. The maximum absolute atomic E-state index is 12.9. The second-order valence-electron chi connectivity index (χ2n) is 20.2. The van der Waals surface area contributed by atoms with Gasteiger partial charge in [0.25, 0.3) is 0 Å². The average Bonchev–Trinajstić information content (AvgIpc) is 3.41. The number of hydrogen-bond donors (Lipinski definition) is 0. The third kappa shape index (κ3) is 60.6. The van der Waals surface area contributed by atoms with Gasteiger partial charge in [0.2, 0.25) is 0 Å². The van der Waals surface area contributed by atoms with E-state index in [1.54, 1.807) is 0 Å². The highest BCUT2D eigenvalue weighted by molar-refractivity contribution is 5.71. The van der Waals surface area contributed by atoms with Crippen LogP contribution in [-0.2, 0) is 28.6 Å². The van der Waals surface area contributed by atoms with Crippen molar-refractivity contribution in [3.8, 4) is 0 Å². The normalized spacial score (nSPS) is 12.9. The molecule has 0 aromatic heterocycles. The minimum Gasteiger partial charge on any atom is -0.462 e. The molecule has 6 heteroatoms. The molecule has 0 aromatic rings. The van der Waals surface area contributed by atoms with Gasteiger partial charge in [-0.3, -0.25) is 14.4 Å². The fraction of sp³-hybridized carbons (Fsp3) is 0.667. The molecule has 0 saturated carbocycles. The molecule has 1 atom stereocenters. The fourth-order valence-corrected chi connectivity index (χ4v) is 8.29. The Morgan fingerprint density at radius 2 is 0.547 bits per heavy atom. The summed E-state index contributed by atoms with van der Waals surface area (Å²) in [5.41, 5.74) is 0. The summed E-state index contributed by atoms with van der Waals surface area (Å²) in [7, 11) is 0. The van der Waals surface area contributed by atoms with Gasteiger partial charge < -0.3 is 14.2 Å². The molecule has 0 aliphatic heterocycles. The second kappa shape index (κ2) is 62.4. The van der Waals surface area contributed by atoms with Gasteiger partial charge in [-0.1, -0.05) is 258 Å². The number of allylic oxidation sites excluding steroid dienone is 20. The molecule has 0 aromatic carbocycles. The summed E-state index contributed by atoms with van der Waals surface area (Å²) in [6, 6.07) is 0. The maximum atomic E-state index is 12.9. The van der Waals surface area contributed by atoms with Gasteiger partial charge >= 0.3 is 17.9 Å². The first kappa shape index (κ1) is 70.8. The van der Waals surface area contributed by atoms with E-state index in [4.69, 9.17) is 14.2 Å². The molecule has 0 rings (SSSR count). The van der Waals surface area contributed by atoms with Gasteiger partial charge in [0.15, 0.2) is 6.10 Å². The number of esters is 3. The van der Waals surface area contributed by atoms with Crippen molar-refractivity contribution in [3.63, 3.8) is 0 Å². The molecule has 6 nitrogen and oxygen atoms in total. The van der Waals surface area contributed by atoms with Gasteiger partial charge in [0, 0.05) is 19.3 Å². The number of rotatable bonds is 55. The Balaban J connectivity index is 4.45. The molecule has 0 spiro atoms. The van der Waals surface area contributed by atoms with Gasteiger partial charge in [-0.25, -0.2) is 0 Å². The van der Waals surface area contributed by atoms with Crippen LogP contribution in [0.4, 0.5) is 0 Å². The van der Waals surface area contributed by atoms with Crippen molar-refractivity contribution in [2.24, 2.45) is 0 Å². The van der Waals surface area contributed by atoms with E-state index in [0.717, 1.165) is 109 Å². The van der Waals surface area contributed by atoms with E-state index < -0.39 is 6.10 Å². The van der Waals surface area contributed by atoms with Gasteiger partial charge in [0.1, 0.15) is 13.2 Å². The molecule has 1 unspecified atom stereocenters. The highest BCUT2D eigenvalue weighted by Gasteiger charge is 2.19. The van der Waals surface area contributed by atoms with Crippen LogP contribution in [0.15, 0.2) is 122 Å². The molecular weight excluding hydrogens is 925 g/mol. The maximum Gasteiger partial charge on any atom is 0.306 e. The zero-order valence-electron chi connectivity index (χ0n) is 48.8. The van der Waals surface area contributed by atoms with E-state index in [2.05, 4.69) is 136 Å². The predicted octanol–water partition coefficient (Wildman–Crippen LogP) is 21.2. The van der Waals surface area contributed by atoms with Crippen LogP contribution in [0.1, 0.15) is 278 Å². The molecule has 0 amide bonds. The van der Waals surface area contributed by atoms with E-state index >= 15 is 0 Å². The van der Waals surface area contributed by atoms with Crippen molar-refractivity contribution in [2.75, 3.05) is 13.2 Å². The van der Waals surface area contributed by atoms with E-state index in [9.17, 15) is 14.4 Å².